The first-order valence-electron chi connectivity index (χ1n) is 4.83. The summed E-state index contributed by atoms with van der Waals surface area (Å²) in [5, 5.41) is 10.3. The number of guanidine groups is 1. The monoisotopic (exact) mass is 349 g/mol. The topological polar surface area (TPSA) is 36.4 Å². The van der Waals surface area contributed by atoms with Crippen LogP contribution in [0, 0.1) is 12.3 Å². The van der Waals surface area contributed by atoms with Crippen LogP contribution in [0.1, 0.15) is 12.5 Å². The van der Waals surface area contributed by atoms with Crippen LogP contribution in [0.25, 0.3) is 0 Å². The Morgan fingerprint density at radius 1 is 1.56 bits per heavy atom. The summed E-state index contributed by atoms with van der Waals surface area (Å²) in [6.45, 7) is 4.04. The van der Waals surface area contributed by atoms with Crippen molar-refractivity contribution in [3.8, 4) is 12.3 Å². The molecule has 0 spiro atoms. The number of hydrogen-bond acceptors (Lipinski definition) is 2. The van der Waals surface area contributed by atoms with Crippen molar-refractivity contribution in [3.05, 3.63) is 22.4 Å². The number of thiophene rings is 1. The maximum absolute atomic E-state index is 5.17. The standard InChI is InChI=1S/C11H15N3S.HI/c1-3-6-13-11(12-4-2)14-8-10-5-7-15-9-10;/h1,5,7,9H,4,6,8H2,2H3,(H2,12,13,14);1H. The first-order valence-corrected chi connectivity index (χ1v) is 5.77. The lowest BCUT2D eigenvalue weighted by Crippen LogP contribution is -2.37. The quantitative estimate of drug-likeness (QED) is 0.378. The normalized spacial score (nSPS) is 10.1. The van der Waals surface area contributed by atoms with E-state index in [1.54, 1.807) is 11.3 Å². The molecule has 0 atom stereocenters. The maximum atomic E-state index is 5.17. The summed E-state index contributed by atoms with van der Waals surface area (Å²) in [6, 6.07) is 2.07. The van der Waals surface area contributed by atoms with E-state index in [1.807, 2.05) is 12.3 Å². The third-order valence-electron chi connectivity index (χ3n) is 1.70. The van der Waals surface area contributed by atoms with E-state index in [0.717, 1.165) is 12.5 Å². The lowest BCUT2D eigenvalue weighted by atomic mass is 10.3. The van der Waals surface area contributed by atoms with Gasteiger partial charge < -0.3 is 10.6 Å². The molecule has 0 aliphatic carbocycles. The van der Waals surface area contributed by atoms with Crippen LogP contribution < -0.4 is 10.6 Å². The van der Waals surface area contributed by atoms with Gasteiger partial charge in [-0.05, 0) is 29.3 Å². The van der Waals surface area contributed by atoms with Crippen molar-refractivity contribution >= 4 is 41.3 Å². The van der Waals surface area contributed by atoms with Crippen LogP contribution in [0.15, 0.2) is 21.8 Å². The van der Waals surface area contributed by atoms with E-state index in [2.05, 4.69) is 33.0 Å². The zero-order valence-corrected chi connectivity index (χ0v) is 12.3. The summed E-state index contributed by atoms with van der Waals surface area (Å²) >= 11 is 1.68. The minimum absolute atomic E-state index is 0. The molecule has 1 aromatic heterocycles. The fourth-order valence-corrected chi connectivity index (χ4v) is 1.69. The van der Waals surface area contributed by atoms with Crippen molar-refractivity contribution < 1.29 is 0 Å². The summed E-state index contributed by atoms with van der Waals surface area (Å²) in [6.07, 6.45) is 5.17. The van der Waals surface area contributed by atoms with Gasteiger partial charge in [0, 0.05) is 6.54 Å². The van der Waals surface area contributed by atoms with E-state index >= 15 is 0 Å². The molecule has 1 aromatic rings. The number of rotatable bonds is 4. The van der Waals surface area contributed by atoms with Crippen LogP contribution in [0.2, 0.25) is 0 Å². The highest BCUT2D eigenvalue weighted by Gasteiger charge is 1.95. The number of nitrogens with zero attached hydrogens (tertiary/aromatic N) is 1. The molecule has 16 heavy (non-hydrogen) atoms. The molecular weight excluding hydrogens is 333 g/mol. The van der Waals surface area contributed by atoms with Gasteiger partial charge in [-0.1, -0.05) is 5.92 Å². The van der Waals surface area contributed by atoms with E-state index in [9.17, 15) is 0 Å². The number of halogens is 1. The minimum atomic E-state index is 0. The van der Waals surface area contributed by atoms with Crippen LogP contribution in [-0.2, 0) is 6.54 Å². The third kappa shape index (κ3) is 5.98. The average Bonchev–Trinajstić information content (AvgIpc) is 2.75. The van der Waals surface area contributed by atoms with Crippen LogP contribution >= 0.6 is 35.3 Å². The molecule has 0 aromatic carbocycles. The maximum Gasteiger partial charge on any atom is 0.192 e. The molecule has 1 heterocycles. The molecule has 5 heteroatoms. The molecule has 1 rings (SSSR count). The van der Waals surface area contributed by atoms with E-state index < -0.39 is 0 Å². The van der Waals surface area contributed by atoms with E-state index in [-0.39, 0.29) is 24.0 Å². The molecule has 0 saturated carbocycles. The lowest BCUT2D eigenvalue weighted by Gasteiger charge is -2.08. The molecular formula is C11H16IN3S. The molecule has 88 valence electrons. The molecule has 3 nitrogen and oxygen atoms in total. The molecule has 0 aliphatic rings. The smallest absolute Gasteiger partial charge is 0.192 e. The SMILES string of the molecule is C#CCNC(=NCc1ccsc1)NCC.I. The Morgan fingerprint density at radius 3 is 2.94 bits per heavy atom. The van der Waals surface area contributed by atoms with Crippen LogP contribution in [-0.4, -0.2) is 19.0 Å². The predicted octanol–water partition coefficient (Wildman–Crippen LogP) is 2.05. The van der Waals surface area contributed by atoms with Crippen LogP contribution in [0.5, 0.6) is 0 Å². The van der Waals surface area contributed by atoms with Gasteiger partial charge in [0.1, 0.15) is 0 Å². The second-order valence-corrected chi connectivity index (χ2v) is 3.66. The molecule has 0 amide bonds. The summed E-state index contributed by atoms with van der Waals surface area (Å²) in [5.41, 5.74) is 1.22. The van der Waals surface area contributed by atoms with Gasteiger partial charge in [-0.3, -0.25) is 0 Å². The van der Waals surface area contributed by atoms with Crippen molar-refractivity contribution in [2.75, 3.05) is 13.1 Å². The third-order valence-corrected chi connectivity index (χ3v) is 2.43. The van der Waals surface area contributed by atoms with Gasteiger partial charge in [0.25, 0.3) is 0 Å². The van der Waals surface area contributed by atoms with E-state index in [0.29, 0.717) is 13.1 Å². The summed E-state index contributed by atoms with van der Waals surface area (Å²) in [4.78, 5) is 4.40. The van der Waals surface area contributed by atoms with E-state index in [4.69, 9.17) is 6.42 Å². The number of hydrogen-bond donors (Lipinski definition) is 2. The van der Waals surface area contributed by atoms with Gasteiger partial charge in [0.05, 0.1) is 13.1 Å². The lowest BCUT2D eigenvalue weighted by molar-refractivity contribution is 0.866. The van der Waals surface area contributed by atoms with Gasteiger partial charge >= 0.3 is 0 Å². The highest BCUT2D eigenvalue weighted by atomic mass is 127. The molecule has 2 N–H and O–H groups in total. The van der Waals surface area contributed by atoms with Gasteiger partial charge in [-0.2, -0.15) is 11.3 Å². The van der Waals surface area contributed by atoms with Gasteiger partial charge in [-0.25, -0.2) is 4.99 Å². The predicted molar refractivity (Wildman–Crippen MR) is 81.4 cm³/mol. The van der Waals surface area contributed by atoms with Crippen molar-refractivity contribution in [3.63, 3.8) is 0 Å². The van der Waals surface area contributed by atoms with Gasteiger partial charge in [0.2, 0.25) is 0 Å². The average molecular weight is 349 g/mol. The Bertz CT molecular complexity index is 341. The fraction of sp³-hybridized carbons (Fsp3) is 0.364. The molecule has 0 saturated heterocycles. The van der Waals surface area contributed by atoms with Crippen molar-refractivity contribution in [1.82, 2.24) is 10.6 Å². The van der Waals surface area contributed by atoms with Crippen LogP contribution in [0.4, 0.5) is 0 Å². The minimum Gasteiger partial charge on any atom is -0.357 e. The molecule has 0 radical (unpaired) electrons. The highest BCUT2D eigenvalue weighted by Crippen LogP contribution is 2.06. The number of terminal acetylenes is 1. The number of aliphatic imine (C=N–C) groups is 1. The van der Waals surface area contributed by atoms with Gasteiger partial charge in [0.15, 0.2) is 5.96 Å². The van der Waals surface area contributed by atoms with E-state index in [1.165, 1.54) is 5.56 Å². The second-order valence-electron chi connectivity index (χ2n) is 2.88. The molecule has 0 bridgehead atoms. The summed E-state index contributed by atoms with van der Waals surface area (Å²) < 4.78 is 0. The Hall–Kier alpha value is -0.740. The number of nitrogens with one attached hydrogen (secondary N) is 2. The first kappa shape index (κ1) is 15.3. The first-order chi connectivity index (χ1) is 7.36. The largest absolute Gasteiger partial charge is 0.357 e. The fourth-order valence-electron chi connectivity index (χ4n) is 1.03. The zero-order chi connectivity index (χ0) is 10.9. The molecule has 0 unspecified atom stereocenters. The van der Waals surface area contributed by atoms with Crippen molar-refractivity contribution in [2.24, 2.45) is 4.99 Å². The second kappa shape index (κ2) is 9.48. The van der Waals surface area contributed by atoms with Gasteiger partial charge in [-0.15, -0.1) is 30.4 Å². The summed E-state index contributed by atoms with van der Waals surface area (Å²) in [5.74, 6) is 3.29. The molecule has 0 aliphatic heterocycles. The van der Waals surface area contributed by atoms with Crippen molar-refractivity contribution in [1.29, 1.82) is 0 Å². The molecule has 0 fully saturated rings. The Kier molecular flexibility index (Phi) is 9.04. The Balaban J connectivity index is 0.00000225. The van der Waals surface area contributed by atoms with Crippen molar-refractivity contribution in [2.45, 2.75) is 13.5 Å². The Morgan fingerprint density at radius 2 is 2.38 bits per heavy atom. The summed E-state index contributed by atoms with van der Waals surface area (Å²) in [7, 11) is 0. The van der Waals surface area contributed by atoms with Crippen LogP contribution in [0.3, 0.4) is 0 Å². The highest BCUT2D eigenvalue weighted by molar-refractivity contribution is 14.0. The zero-order valence-electron chi connectivity index (χ0n) is 9.19. The Labute approximate surface area is 118 Å².